The van der Waals surface area contributed by atoms with E-state index in [4.69, 9.17) is 0 Å². The highest BCUT2D eigenvalue weighted by Crippen LogP contribution is 2.07. The van der Waals surface area contributed by atoms with Crippen LogP contribution in [0.1, 0.15) is 27.2 Å². The molecule has 66 valence electrons. The van der Waals surface area contributed by atoms with Crippen molar-refractivity contribution in [3.05, 3.63) is 12.7 Å². The molecule has 0 aromatic rings. The molecule has 0 aromatic heterocycles. The van der Waals surface area contributed by atoms with Gasteiger partial charge in [0.25, 0.3) is 0 Å². The molecule has 1 atom stereocenters. The zero-order valence-corrected chi connectivity index (χ0v) is 7.72. The maximum absolute atomic E-state index is 9.29. The third-order valence-corrected chi connectivity index (χ3v) is 1.97. The maximum Gasteiger partial charge on any atom is 0.0688 e. The molecule has 0 amide bonds. The number of nitrogens with one attached hydrogen (secondary N) is 1. The highest BCUT2D eigenvalue weighted by Gasteiger charge is 2.21. The molecule has 0 aromatic carbocycles. The molecule has 11 heavy (non-hydrogen) atoms. The fourth-order valence-corrected chi connectivity index (χ4v) is 0.644. The standard InChI is InChI=1S/C9H19NO/c1-5-6-7-10-9(3,4)8(2)11/h5,8,10-11H,1,6-7H2,2-4H3. The molecule has 2 nitrogen and oxygen atoms in total. The van der Waals surface area contributed by atoms with Crippen LogP contribution in [-0.4, -0.2) is 23.3 Å². The first-order valence-electron chi connectivity index (χ1n) is 4.04. The van der Waals surface area contributed by atoms with E-state index in [2.05, 4.69) is 11.9 Å². The summed E-state index contributed by atoms with van der Waals surface area (Å²) in [4.78, 5) is 0. The van der Waals surface area contributed by atoms with Gasteiger partial charge >= 0.3 is 0 Å². The fraction of sp³-hybridized carbons (Fsp3) is 0.778. The molecule has 0 saturated heterocycles. The first kappa shape index (κ1) is 10.7. The molecule has 0 aliphatic carbocycles. The summed E-state index contributed by atoms with van der Waals surface area (Å²) >= 11 is 0. The zero-order chi connectivity index (χ0) is 8.91. The smallest absolute Gasteiger partial charge is 0.0688 e. The van der Waals surface area contributed by atoms with Crippen LogP contribution in [0.25, 0.3) is 0 Å². The molecule has 0 fully saturated rings. The minimum Gasteiger partial charge on any atom is -0.392 e. The van der Waals surface area contributed by atoms with Gasteiger partial charge in [0, 0.05) is 5.54 Å². The first-order valence-corrected chi connectivity index (χ1v) is 4.04. The highest BCUT2D eigenvalue weighted by molar-refractivity contribution is 4.83. The van der Waals surface area contributed by atoms with Crippen molar-refractivity contribution in [3.63, 3.8) is 0 Å². The van der Waals surface area contributed by atoms with Gasteiger partial charge in [0.15, 0.2) is 0 Å². The molecule has 0 spiro atoms. The second-order valence-corrected chi connectivity index (χ2v) is 3.40. The summed E-state index contributed by atoms with van der Waals surface area (Å²) in [6.07, 6.45) is 2.48. The Kier molecular flexibility index (Phi) is 4.38. The summed E-state index contributed by atoms with van der Waals surface area (Å²) in [5, 5.41) is 12.5. The molecule has 0 aliphatic rings. The van der Waals surface area contributed by atoms with Gasteiger partial charge in [-0.05, 0) is 33.7 Å². The number of rotatable bonds is 5. The summed E-state index contributed by atoms with van der Waals surface area (Å²) in [6, 6.07) is 0. The van der Waals surface area contributed by atoms with Gasteiger partial charge in [-0.2, -0.15) is 0 Å². The number of hydrogen-bond donors (Lipinski definition) is 2. The molecule has 0 saturated carbocycles. The van der Waals surface area contributed by atoms with Crippen LogP contribution in [-0.2, 0) is 0 Å². The third kappa shape index (κ3) is 4.17. The summed E-state index contributed by atoms with van der Waals surface area (Å²) in [6.45, 7) is 10.3. The summed E-state index contributed by atoms with van der Waals surface area (Å²) in [7, 11) is 0. The van der Waals surface area contributed by atoms with Crippen LogP contribution in [0.5, 0.6) is 0 Å². The summed E-state index contributed by atoms with van der Waals surface area (Å²) in [5.41, 5.74) is -0.191. The van der Waals surface area contributed by atoms with E-state index in [9.17, 15) is 5.11 Å². The lowest BCUT2D eigenvalue weighted by Gasteiger charge is -2.29. The molecule has 0 aliphatic heterocycles. The Morgan fingerprint density at radius 1 is 1.64 bits per heavy atom. The van der Waals surface area contributed by atoms with Crippen molar-refractivity contribution in [2.75, 3.05) is 6.54 Å². The van der Waals surface area contributed by atoms with Crippen LogP contribution in [0.15, 0.2) is 12.7 Å². The van der Waals surface area contributed by atoms with E-state index in [0.717, 1.165) is 13.0 Å². The van der Waals surface area contributed by atoms with Gasteiger partial charge in [0.1, 0.15) is 0 Å². The minimum atomic E-state index is -0.327. The second kappa shape index (κ2) is 4.52. The number of aliphatic hydroxyl groups excluding tert-OH is 1. The molecular formula is C9H19NO. The lowest BCUT2D eigenvalue weighted by atomic mass is 9.99. The van der Waals surface area contributed by atoms with Crippen molar-refractivity contribution in [2.24, 2.45) is 0 Å². The van der Waals surface area contributed by atoms with Crippen LogP contribution in [0.4, 0.5) is 0 Å². The largest absolute Gasteiger partial charge is 0.392 e. The van der Waals surface area contributed by atoms with E-state index in [0.29, 0.717) is 0 Å². The van der Waals surface area contributed by atoms with E-state index in [1.165, 1.54) is 0 Å². The third-order valence-electron chi connectivity index (χ3n) is 1.97. The second-order valence-electron chi connectivity index (χ2n) is 3.40. The molecule has 2 heteroatoms. The van der Waals surface area contributed by atoms with E-state index >= 15 is 0 Å². The molecule has 2 N–H and O–H groups in total. The molecule has 0 rings (SSSR count). The minimum absolute atomic E-state index is 0.191. The van der Waals surface area contributed by atoms with Crippen LogP contribution < -0.4 is 5.32 Å². The predicted molar refractivity (Wildman–Crippen MR) is 48.6 cm³/mol. The van der Waals surface area contributed by atoms with E-state index in [-0.39, 0.29) is 11.6 Å². The van der Waals surface area contributed by atoms with Crippen molar-refractivity contribution in [1.82, 2.24) is 5.32 Å². The average molecular weight is 157 g/mol. The predicted octanol–water partition coefficient (Wildman–Crippen LogP) is 1.31. The van der Waals surface area contributed by atoms with Crippen LogP contribution in [0.2, 0.25) is 0 Å². The highest BCUT2D eigenvalue weighted by atomic mass is 16.3. The summed E-state index contributed by atoms with van der Waals surface area (Å²) in [5.74, 6) is 0. The molecule has 0 bridgehead atoms. The lowest BCUT2D eigenvalue weighted by Crippen LogP contribution is -2.48. The summed E-state index contributed by atoms with van der Waals surface area (Å²) < 4.78 is 0. The van der Waals surface area contributed by atoms with Gasteiger partial charge in [-0.3, -0.25) is 0 Å². The van der Waals surface area contributed by atoms with Crippen molar-refractivity contribution in [2.45, 2.75) is 38.8 Å². The van der Waals surface area contributed by atoms with Crippen molar-refractivity contribution < 1.29 is 5.11 Å². The van der Waals surface area contributed by atoms with Gasteiger partial charge in [-0.25, -0.2) is 0 Å². The Bertz CT molecular complexity index is 119. The van der Waals surface area contributed by atoms with Gasteiger partial charge in [-0.15, -0.1) is 6.58 Å². The van der Waals surface area contributed by atoms with Crippen molar-refractivity contribution in [1.29, 1.82) is 0 Å². The molecular weight excluding hydrogens is 138 g/mol. The Labute approximate surface area is 69.3 Å². The van der Waals surface area contributed by atoms with Crippen molar-refractivity contribution in [3.8, 4) is 0 Å². The van der Waals surface area contributed by atoms with E-state index in [1.54, 1.807) is 6.92 Å². The Morgan fingerprint density at radius 2 is 2.18 bits per heavy atom. The molecule has 1 unspecified atom stereocenters. The SMILES string of the molecule is C=CCCNC(C)(C)C(C)O. The molecule has 0 heterocycles. The number of aliphatic hydroxyl groups is 1. The number of hydrogen-bond acceptors (Lipinski definition) is 2. The van der Waals surface area contributed by atoms with E-state index in [1.807, 2.05) is 19.9 Å². The maximum atomic E-state index is 9.29. The Morgan fingerprint density at radius 3 is 2.55 bits per heavy atom. The first-order chi connectivity index (χ1) is 5.00. The van der Waals surface area contributed by atoms with Crippen LogP contribution in [0.3, 0.4) is 0 Å². The van der Waals surface area contributed by atoms with Gasteiger partial charge < -0.3 is 10.4 Å². The van der Waals surface area contributed by atoms with Crippen LogP contribution >= 0.6 is 0 Å². The monoisotopic (exact) mass is 157 g/mol. The van der Waals surface area contributed by atoms with Gasteiger partial charge in [-0.1, -0.05) is 6.08 Å². The quantitative estimate of drug-likeness (QED) is 0.466. The van der Waals surface area contributed by atoms with E-state index < -0.39 is 0 Å². The average Bonchev–Trinajstić information content (AvgIpc) is 1.88. The van der Waals surface area contributed by atoms with Crippen molar-refractivity contribution >= 4 is 0 Å². The zero-order valence-electron chi connectivity index (χ0n) is 7.72. The Balaban J connectivity index is 3.63. The van der Waals surface area contributed by atoms with Gasteiger partial charge in [0.05, 0.1) is 6.10 Å². The Hall–Kier alpha value is -0.340. The fourth-order valence-electron chi connectivity index (χ4n) is 0.644. The van der Waals surface area contributed by atoms with Gasteiger partial charge in [0.2, 0.25) is 0 Å². The molecule has 0 radical (unpaired) electrons. The normalized spacial score (nSPS) is 14.5. The topological polar surface area (TPSA) is 32.3 Å². The lowest BCUT2D eigenvalue weighted by molar-refractivity contribution is 0.0974. The van der Waals surface area contributed by atoms with Crippen LogP contribution in [0, 0.1) is 0 Å².